The fourth-order valence-corrected chi connectivity index (χ4v) is 1.84. The topological polar surface area (TPSA) is 102 Å². The lowest BCUT2D eigenvalue weighted by Crippen LogP contribution is -2.49. The number of amides is 2. The van der Waals surface area contributed by atoms with Crippen LogP contribution in [0.2, 0.25) is 0 Å². The Morgan fingerprint density at radius 2 is 1.91 bits per heavy atom. The standard InChI is InChI=1S/C14H25N3O4.ClH/c1-4-21-12(19)8-17(10-5-6-10)11(18)7-16-14(20)13(15)9(2)3;/h9-10,13H,4-8,15H2,1-3H3,(H,16,20);1H/t13-;/m0./s1. The minimum atomic E-state index is -0.641. The maximum atomic E-state index is 12.1. The summed E-state index contributed by atoms with van der Waals surface area (Å²) < 4.78 is 4.86. The number of halogens is 1. The van der Waals surface area contributed by atoms with Gasteiger partial charge in [-0.1, -0.05) is 13.8 Å². The smallest absolute Gasteiger partial charge is 0.325 e. The number of esters is 1. The highest BCUT2D eigenvalue weighted by atomic mass is 35.5. The van der Waals surface area contributed by atoms with Gasteiger partial charge < -0.3 is 20.7 Å². The Labute approximate surface area is 137 Å². The van der Waals surface area contributed by atoms with E-state index in [1.165, 1.54) is 4.90 Å². The van der Waals surface area contributed by atoms with E-state index in [0.29, 0.717) is 0 Å². The molecule has 0 unspecified atom stereocenters. The highest BCUT2D eigenvalue weighted by Gasteiger charge is 2.34. The molecule has 0 bridgehead atoms. The number of carbonyl (C=O) groups excluding carboxylic acids is 3. The Morgan fingerprint density at radius 1 is 1.32 bits per heavy atom. The van der Waals surface area contributed by atoms with Crippen molar-refractivity contribution < 1.29 is 19.1 Å². The van der Waals surface area contributed by atoms with Crippen molar-refractivity contribution in [2.24, 2.45) is 11.7 Å². The molecule has 1 aliphatic rings. The minimum absolute atomic E-state index is 0. The average molecular weight is 336 g/mol. The molecule has 1 fully saturated rings. The molecule has 1 rings (SSSR count). The zero-order valence-electron chi connectivity index (χ0n) is 13.3. The van der Waals surface area contributed by atoms with Gasteiger partial charge >= 0.3 is 5.97 Å². The lowest BCUT2D eigenvalue weighted by molar-refractivity contribution is -0.149. The first-order valence-electron chi connectivity index (χ1n) is 7.35. The van der Waals surface area contributed by atoms with E-state index in [0.717, 1.165) is 12.8 Å². The van der Waals surface area contributed by atoms with Gasteiger partial charge in [0.05, 0.1) is 19.2 Å². The summed E-state index contributed by atoms with van der Waals surface area (Å²) in [5.74, 6) is -1.07. The maximum Gasteiger partial charge on any atom is 0.325 e. The first-order chi connectivity index (χ1) is 9.86. The van der Waals surface area contributed by atoms with Crippen LogP contribution in [0.4, 0.5) is 0 Å². The van der Waals surface area contributed by atoms with Crippen LogP contribution in [0.25, 0.3) is 0 Å². The third kappa shape index (κ3) is 6.62. The third-order valence-corrected chi connectivity index (χ3v) is 3.35. The Bertz CT molecular complexity index is 400. The SMILES string of the molecule is CCOC(=O)CN(C(=O)CNC(=O)[C@@H](N)C(C)C)C1CC1.Cl. The molecule has 2 amide bonds. The van der Waals surface area contributed by atoms with Gasteiger partial charge in [0, 0.05) is 6.04 Å². The monoisotopic (exact) mass is 335 g/mol. The molecule has 0 aromatic rings. The summed E-state index contributed by atoms with van der Waals surface area (Å²) >= 11 is 0. The zero-order chi connectivity index (χ0) is 16.0. The molecule has 128 valence electrons. The van der Waals surface area contributed by atoms with E-state index in [-0.39, 0.29) is 55.9 Å². The number of nitrogens with one attached hydrogen (secondary N) is 1. The van der Waals surface area contributed by atoms with Gasteiger partial charge in [0.2, 0.25) is 11.8 Å². The normalized spacial score (nSPS) is 14.8. The summed E-state index contributed by atoms with van der Waals surface area (Å²) in [7, 11) is 0. The van der Waals surface area contributed by atoms with Crippen molar-refractivity contribution in [3.63, 3.8) is 0 Å². The van der Waals surface area contributed by atoms with Gasteiger partial charge in [-0.3, -0.25) is 14.4 Å². The number of carbonyl (C=O) groups is 3. The van der Waals surface area contributed by atoms with Crippen LogP contribution in [0, 0.1) is 5.92 Å². The molecule has 0 radical (unpaired) electrons. The number of nitrogens with two attached hydrogens (primary N) is 1. The molecule has 0 aliphatic heterocycles. The van der Waals surface area contributed by atoms with Gasteiger partial charge in [-0.2, -0.15) is 0 Å². The summed E-state index contributed by atoms with van der Waals surface area (Å²) in [5.41, 5.74) is 5.70. The van der Waals surface area contributed by atoms with Crippen LogP contribution >= 0.6 is 12.4 Å². The predicted molar refractivity (Wildman–Crippen MR) is 84.4 cm³/mol. The lowest BCUT2D eigenvalue weighted by Gasteiger charge is -2.22. The van der Waals surface area contributed by atoms with E-state index >= 15 is 0 Å². The van der Waals surface area contributed by atoms with Crippen molar-refractivity contribution in [1.29, 1.82) is 0 Å². The Balaban J connectivity index is 0.00000441. The van der Waals surface area contributed by atoms with Crippen molar-refractivity contribution in [2.45, 2.75) is 45.7 Å². The molecule has 3 N–H and O–H groups in total. The quantitative estimate of drug-likeness (QED) is 0.611. The van der Waals surface area contributed by atoms with Crippen molar-refractivity contribution >= 4 is 30.2 Å². The number of hydrogen-bond donors (Lipinski definition) is 2. The molecular formula is C14H26ClN3O4. The summed E-state index contributed by atoms with van der Waals surface area (Å²) in [4.78, 5) is 36.8. The van der Waals surface area contributed by atoms with E-state index in [1.54, 1.807) is 6.92 Å². The van der Waals surface area contributed by atoms with Gasteiger partial charge in [0.1, 0.15) is 6.54 Å². The largest absolute Gasteiger partial charge is 0.465 e. The summed E-state index contributed by atoms with van der Waals surface area (Å²) in [6, 6.07) is -0.560. The van der Waals surface area contributed by atoms with E-state index in [9.17, 15) is 14.4 Å². The van der Waals surface area contributed by atoms with E-state index < -0.39 is 12.0 Å². The van der Waals surface area contributed by atoms with Crippen molar-refractivity contribution in [1.82, 2.24) is 10.2 Å². The predicted octanol–water partition coefficient (Wildman–Crippen LogP) is 0.0618. The van der Waals surface area contributed by atoms with Gasteiger partial charge in [0.15, 0.2) is 0 Å². The van der Waals surface area contributed by atoms with E-state index in [1.807, 2.05) is 13.8 Å². The fourth-order valence-electron chi connectivity index (χ4n) is 1.84. The van der Waals surface area contributed by atoms with Gasteiger partial charge in [-0.05, 0) is 25.7 Å². The van der Waals surface area contributed by atoms with E-state index in [2.05, 4.69) is 5.32 Å². The van der Waals surface area contributed by atoms with Crippen LogP contribution in [-0.4, -0.2) is 54.5 Å². The molecule has 7 nitrogen and oxygen atoms in total. The van der Waals surface area contributed by atoms with Crippen LogP contribution in [0.15, 0.2) is 0 Å². The number of ether oxygens (including phenoxy) is 1. The van der Waals surface area contributed by atoms with Crippen LogP contribution in [0.1, 0.15) is 33.6 Å². The molecule has 1 saturated carbocycles. The first kappa shape index (κ1) is 20.7. The second-order valence-electron chi connectivity index (χ2n) is 5.55. The summed E-state index contributed by atoms with van der Waals surface area (Å²) in [6.45, 7) is 5.46. The molecule has 0 spiro atoms. The Hall–Kier alpha value is -1.34. The number of nitrogens with zero attached hydrogens (tertiary/aromatic N) is 1. The van der Waals surface area contributed by atoms with Gasteiger partial charge in [-0.15, -0.1) is 12.4 Å². The second kappa shape index (κ2) is 9.63. The van der Waals surface area contributed by atoms with Crippen LogP contribution < -0.4 is 11.1 Å². The molecule has 0 heterocycles. The molecule has 0 saturated heterocycles. The van der Waals surface area contributed by atoms with Crippen molar-refractivity contribution in [2.75, 3.05) is 19.7 Å². The summed E-state index contributed by atoms with van der Waals surface area (Å²) in [6.07, 6.45) is 1.76. The summed E-state index contributed by atoms with van der Waals surface area (Å²) in [5, 5.41) is 2.52. The highest BCUT2D eigenvalue weighted by molar-refractivity contribution is 5.89. The molecule has 0 aromatic heterocycles. The van der Waals surface area contributed by atoms with E-state index in [4.69, 9.17) is 10.5 Å². The zero-order valence-corrected chi connectivity index (χ0v) is 14.1. The highest BCUT2D eigenvalue weighted by Crippen LogP contribution is 2.26. The molecule has 0 aromatic carbocycles. The van der Waals surface area contributed by atoms with Crippen molar-refractivity contribution in [3.05, 3.63) is 0 Å². The maximum absolute atomic E-state index is 12.1. The van der Waals surface area contributed by atoms with Crippen LogP contribution in [-0.2, 0) is 19.1 Å². The van der Waals surface area contributed by atoms with Crippen LogP contribution in [0.3, 0.4) is 0 Å². The van der Waals surface area contributed by atoms with Crippen molar-refractivity contribution in [3.8, 4) is 0 Å². The average Bonchev–Trinajstić information content (AvgIpc) is 3.25. The second-order valence-corrected chi connectivity index (χ2v) is 5.55. The van der Waals surface area contributed by atoms with Gasteiger partial charge in [0.25, 0.3) is 0 Å². The fraction of sp³-hybridized carbons (Fsp3) is 0.786. The van der Waals surface area contributed by atoms with Crippen LogP contribution in [0.5, 0.6) is 0 Å². The molecule has 22 heavy (non-hydrogen) atoms. The molecular weight excluding hydrogens is 310 g/mol. The number of hydrogen-bond acceptors (Lipinski definition) is 5. The minimum Gasteiger partial charge on any atom is -0.465 e. The third-order valence-electron chi connectivity index (χ3n) is 3.35. The Morgan fingerprint density at radius 3 is 2.36 bits per heavy atom. The van der Waals surface area contributed by atoms with Gasteiger partial charge in [-0.25, -0.2) is 0 Å². The first-order valence-corrected chi connectivity index (χ1v) is 7.35. The lowest BCUT2D eigenvalue weighted by atomic mass is 10.1. The molecule has 8 heteroatoms. The molecule has 1 atom stereocenters. The molecule has 1 aliphatic carbocycles. The Kier molecular flexibility index (Phi) is 9.04. The number of rotatable bonds is 8.